The maximum Gasteiger partial charge on any atom is 0.261 e. The zero-order valence-electron chi connectivity index (χ0n) is 16.0. The monoisotopic (exact) mass is 363 g/mol. The number of hydrogen-bond acceptors (Lipinski definition) is 4. The number of anilines is 1. The van der Waals surface area contributed by atoms with Gasteiger partial charge in [-0.3, -0.25) is 0 Å². The van der Waals surface area contributed by atoms with E-state index in [-0.39, 0.29) is 0 Å². The van der Waals surface area contributed by atoms with Crippen molar-refractivity contribution in [3.8, 4) is 17.2 Å². The lowest BCUT2D eigenvalue weighted by atomic mass is 10.0. The summed E-state index contributed by atoms with van der Waals surface area (Å²) in [6.07, 6.45) is 6.30. The minimum atomic E-state index is 0.737. The van der Waals surface area contributed by atoms with Crippen LogP contribution >= 0.6 is 0 Å². The molecule has 138 valence electrons. The van der Waals surface area contributed by atoms with E-state index in [1.807, 2.05) is 25.2 Å². The Morgan fingerprint density at radius 2 is 1.74 bits per heavy atom. The number of nitrogens with zero attached hydrogens (tertiary/aromatic N) is 2. The van der Waals surface area contributed by atoms with Crippen LogP contribution in [0.3, 0.4) is 0 Å². The highest BCUT2D eigenvalue weighted by Gasteiger charge is 2.26. The molecule has 4 rings (SSSR count). The van der Waals surface area contributed by atoms with Crippen molar-refractivity contribution in [3.05, 3.63) is 59.9 Å². The molecule has 1 aliphatic rings. The molecule has 0 saturated carbocycles. The number of benzene rings is 2. The van der Waals surface area contributed by atoms with Gasteiger partial charge >= 0.3 is 0 Å². The third-order valence-electron chi connectivity index (χ3n) is 5.00. The molecule has 0 atom stereocenters. The van der Waals surface area contributed by atoms with Crippen LogP contribution in [0.4, 0.5) is 5.69 Å². The summed E-state index contributed by atoms with van der Waals surface area (Å²) >= 11 is 0. The van der Waals surface area contributed by atoms with Crippen molar-refractivity contribution in [1.82, 2.24) is 0 Å². The lowest BCUT2D eigenvalue weighted by Gasteiger charge is -2.26. The Morgan fingerprint density at radius 1 is 0.963 bits per heavy atom. The molecule has 0 spiro atoms. The second kappa shape index (κ2) is 6.83. The standard InChI is InChI=1S/C22H23N2O3/c1-23-11-10-18-20-16(13-19(26-3)22(27-4)21(20)23)9-12-24(18)14-15-5-7-17(25-2)8-6-15/h5-13H,14H2,1-4H3/q+1. The summed E-state index contributed by atoms with van der Waals surface area (Å²) in [5.41, 5.74) is 4.51. The number of ether oxygens (including phenoxy) is 3. The van der Waals surface area contributed by atoms with Crippen molar-refractivity contribution in [2.24, 2.45) is 7.05 Å². The fraction of sp³-hybridized carbons (Fsp3) is 0.227. The Bertz CT molecular complexity index is 1030. The van der Waals surface area contributed by atoms with Gasteiger partial charge in [-0.2, -0.15) is 4.57 Å². The average molecular weight is 363 g/mol. The lowest BCUT2D eigenvalue weighted by Crippen LogP contribution is -2.31. The van der Waals surface area contributed by atoms with Crippen LogP contribution in [0.1, 0.15) is 11.1 Å². The number of aromatic nitrogens is 1. The zero-order valence-corrected chi connectivity index (χ0v) is 16.0. The minimum Gasteiger partial charge on any atom is -0.497 e. The largest absolute Gasteiger partial charge is 0.497 e. The number of aryl methyl sites for hydroxylation is 1. The van der Waals surface area contributed by atoms with Crippen molar-refractivity contribution in [2.45, 2.75) is 6.54 Å². The number of hydrogen-bond donors (Lipinski definition) is 0. The van der Waals surface area contributed by atoms with Crippen LogP contribution in [0.5, 0.6) is 17.2 Å². The Kier molecular flexibility index (Phi) is 4.36. The molecule has 0 N–H and O–H groups in total. The number of methoxy groups -OCH3 is 3. The summed E-state index contributed by atoms with van der Waals surface area (Å²) in [5.74, 6) is 2.35. The van der Waals surface area contributed by atoms with E-state index in [1.54, 1.807) is 21.3 Å². The molecule has 2 heterocycles. The SMILES string of the molecule is COc1ccc(CN2C=Cc3cc(OC)c(OC)c4c3c2cc[n+]4C)cc1. The van der Waals surface area contributed by atoms with Crippen molar-refractivity contribution in [2.75, 3.05) is 26.2 Å². The van der Waals surface area contributed by atoms with Gasteiger partial charge in [0.1, 0.15) is 12.8 Å². The first-order chi connectivity index (χ1) is 13.2. The van der Waals surface area contributed by atoms with Gasteiger partial charge in [-0.1, -0.05) is 12.1 Å². The molecule has 0 amide bonds. The highest BCUT2D eigenvalue weighted by atomic mass is 16.5. The predicted molar refractivity (Wildman–Crippen MR) is 106 cm³/mol. The van der Waals surface area contributed by atoms with Crippen LogP contribution in [0, 0.1) is 0 Å². The van der Waals surface area contributed by atoms with Gasteiger partial charge in [-0.25, -0.2) is 0 Å². The fourth-order valence-corrected chi connectivity index (χ4v) is 3.63. The van der Waals surface area contributed by atoms with E-state index in [1.165, 1.54) is 5.56 Å². The van der Waals surface area contributed by atoms with Crippen LogP contribution in [-0.2, 0) is 13.6 Å². The summed E-state index contributed by atoms with van der Waals surface area (Å²) in [5, 5.41) is 1.16. The summed E-state index contributed by atoms with van der Waals surface area (Å²) in [7, 11) is 7.06. The lowest BCUT2D eigenvalue weighted by molar-refractivity contribution is -0.645. The summed E-state index contributed by atoms with van der Waals surface area (Å²) in [6, 6.07) is 12.3. The molecule has 0 bridgehead atoms. The van der Waals surface area contributed by atoms with E-state index in [0.29, 0.717) is 0 Å². The van der Waals surface area contributed by atoms with E-state index in [9.17, 15) is 0 Å². The van der Waals surface area contributed by atoms with E-state index >= 15 is 0 Å². The molecule has 5 heteroatoms. The van der Waals surface area contributed by atoms with E-state index in [4.69, 9.17) is 14.2 Å². The molecule has 2 aromatic carbocycles. The third-order valence-corrected chi connectivity index (χ3v) is 5.00. The van der Waals surface area contributed by atoms with Gasteiger partial charge in [0, 0.05) is 18.8 Å². The summed E-state index contributed by atoms with van der Waals surface area (Å²) < 4.78 is 18.6. The second-order valence-corrected chi connectivity index (χ2v) is 6.53. The predicted octanol–water partition coefficient (Wildman–Crippen LogP) is 3.68. The van der Waals surface area contributed by atoms with Crippen molar-refractivity contribution < 1.29 is 18.8 Å². The van der Waals surface area contributed by atoms with Gasteiger partial charge in [-0.05, 0) is 35.4 Å². The molecule has 1 aliphatic heterocycles. The van der Waals surface area contributed by atoms with Crippen LogP contribution in [-0.4, -0.2) is 21.3 Å². The molecule has 5 nitrogen and oxygen atoms in total. The van der Waals surface area contributed by atoms with Gasteiger partial charge < -0.3 is 19.1 Å². The van der Waals surface area contributed by atoms with Crippen LogP contribution in [0.15, 0.2) is 48.8 Å². The highest BCUT2D eigenvalue weighted by Crippen LogP contribution is 2.42. The van der Waals surface area contributed by atoms with Gasteiger partial charge in [-0.15, -0.1) is 0 Å². The highest BCUT2D eigenvalue weighted by molar-refractivity contribution is 6.03. The molecule has 0 unspecified atom stereocenters. The van der Waals surface area contributed by atoms with Crippen molar-refractivity contribution in [1.29, 1.82) is 0 Å². The minimum absolute atomic E-state index is 0.737. The first-order valence-electron chi connectivity index (χ1n) is 8.81. The summed E-state index contributed by atoms with van der Waals surface area (Å²) in [4.78, 5) is 2.25. The Balaban J connectivity index is 1.83. The quantitative estimate of drug-likeness (QED) is 0.648. The third kappa shape index (κ3) is 2.85. The molecule has 3 aromatic rings. The smallest absolute Gasteiger partial charge is 0.261 e. The molecule has 0 saturated heterocycles. The van der Waals surface area contributed by atoms with Gasteiger partial charge in [0.2, 0.25) is 5.75 Å². The van der Waals surface area contributed by atoms with E-state index < -0.39 is 0 Å². The molecule has 27 heavy (non-hydrogen) atoms. The Morgan fingerprint density at radius 3 is 2.41 bits per heavy atom. The Hall–Kier alpha value is -3.21. The van der Waals surface area contributed by atoms with E-state index in [2.05, 4.69) is 46.1 Å². The molecule has 0 fully saturated rings. The topological polar surface area (TPSA) is 34.8 Å². The van der Waals surface area contributed by atoms with Crippen molar-refractivity contribution >= 4 is 22.7 Å². The van der Waals surface area contributed by atoms with Crippen LogP contribution < -0.4 is 23.7 Å². The summed E-state index contributed by atoms with van der Waals surface area (Å²) in [6.45, 7) is 0.775. The van der Waals surface area contributed by atoms with E-state index in [0.717, 1.165) is 45.9 Å². The van der Waals surface area contributed by atoms with Gasteiger partial charge in [0.15, 0.2) is 11.9 Å². The maximum absolute atomic E-state index is 5.69. The number of rotatable bonds is 5. The maximum atomic E-state index is 5.69. The Labute approximate surface area is 159 Å². The van der Waals surface area contributed by atoms with Crippen LogP contribution in [0.2, 0.25) is 0 Å². The molecular weight excluding hydrogens is 340 g/mol. The first-order valence-corrected chi connectivity index (χ1v) is 8.81. The molecule has 0 radical (unpaired) electrons. The van der Waals surface area contributed by atoms with Crippen LogP contribution in [0.25, 0.3) is 17.0 Å². The number of pyridine rings is 1. The van der Waals surface area contributed by atoms with Crippen molar-refractivity contribution in [3.63, 3.8) is 0 Å². The normalized spacial score (nSPS) is 12.4. The average Bonchev–Trinajstić information content (AvgIpc) is 2.71. The first kappa shape index (κ1) is 17.2. The van der Waals surface area contributed by atoms with Gasteiger partial charge in [0.05, 0.1) is 32.4 Å². The molecule has 1 aromatic heterocycles. The molecule has 0 aliphatic carbocycles. The fourth-order valence-electron chi connectivity index (χ4n) is 3.63. The van der Waals surface area contributed by atoms with Gasteiger partial charge in [0.25, 0.3) is 5.52 Å². The molecular formula is C22H23N2O3+. The zero-order chi connectivity index (χ0) is 19.0. The second-order valence-electron chi connectivity index (χ2n) is 6.53.